The van der Waals surface area contributed by atoms with Gasteiger partial charge in [-0.05, 0) is 40.5 Å². The zero-order valence-electron chi connectivity index (χ0n) is 11.1. The van der Waals surface area contributed by atoms with Gasteiger partial charge in [0.15, 0.2) is 0 Å². The third-order valence-electron chi connectivity index (χ3n) is 2.72. The first-order chi connectivity index (χ1) is 9.56. The molecule has 106 valence electrons. The van der Waals surface area contributed by atoms with Crippen LogP contribution >= 0.6 is 31.9 Å². The molecule has 2 aromatic rings. The average Bonchev–Trinajstić information content (AvgIpc) is 2.82. The lowest BCUT2D eigenvalue weighted by atomic mass is 10.2. The van der Waals surface area contributed by atoms with Crippen LogP contribution < -0.4 is 0 Å². The number of rotatable bonds is 4. The highest BCUT2D eigenvalue weighted by atomic mass is 79.9. The normalized spacial score (nSPS) is 10.6. The minimum absolute atomic E-state index is 0.180. The van der Waals surface area contributed by atoms with E-state index in [1.54, 1.807) is 0 Å². The molecule has 0 unspecified atom stereocenters. The molecule has 1 aromatic carbocycles. The number of benzene rings is 1. The van der Waals surface area contributed by atoms with Gasteiger partial charge in [-0.1, -0.05) is 29.3 Å². The van der Waals surface area contributed by atoms with Crippen molar-refractivity contribution in [2.24, 2.45) is 0 Å². The number of ether oxygens (including phenoxy) is 1. The molecule has 0 aliphatic carbocycles. The summed E-state index contributed by atoms with van der Waals surface area (Å²) >= 11 is 6.86. The molecule has 20 heavy (non-hydrogen) atoms. The van der Waals surface area contributed by atoms with Crippen molar-refractivity contribution >= 4 is 37.8 Å². The second-order valence-corrected chi connectivity index (χ2v) is 5.93. The van der Waals surface area contributed by atoms with Crippen LogP contribution in [-0.2, 0) is 11.2 Å². The molecule has 2 rings (SSSR count). The van der Waals surface area contributed by atoms with Gasteiger partial charge in [-0.25, -0.2) is 9.78 Å². The van der Waals surface area contributed by atoms with Crippen molar-refractivity contribution in [3.63, 3.8) is 0 Å². The minimum Gasteiger partial charge on any atom is -0.463 e. The Morgan fingerprint density at radius 2 is 2.15 bits per heavy atom. The van der Waals surface area contributed by atoms with Crippen LogP contribution in [0.15, 0.2) is 31.6 Å². The number of hydrogen-bond acceptors (Lipinski definition) is 4. The van der Waals surface area contributed by atoms with Crippen molar-refractivity contribution in [1.82, 2.24) is 4.98 Å². The van der Waals surface area contributed by atoms with Crippen molar-refractivity contribution in [2.45, 2.75) is 19.8 Å². The van der Waals surface area contributed by atoms with Crippen molar-refractivity contribution in [1.29, 1.82) is 0 Å². The summed E-state index contributed by atoms with van der Waals surface area (Å²) < 4.78 is 12.1. The molecule has 0 N–H and O–H groups in total. The SMILES string of the molecule is CCCc1nc(-c2ccc(Br)cc2Br)oc1C(=O)OC. The summed E-state index contributed by atoms with van der Waals surface area (Å²) in [5, 5.41) is 0. The average molecular weight is 403 g/mol. The lowest BCUT2D eigenvalue weighted by Crippen LogP contribution is -2.03. The number of carbonyl (C=O) groups excluding carboxylic acids is 1. The van der Waals surface area contributed by atoms with E-state index in [1.807, 2.05) is 25.1 Å². The maximum atomic E-state index is 11.7. The van der Waals surface area contributed by atoms with Gasteiger partial charge in [-0.3, -0.25) is 0 Å². The molecule has 0 spiro atoms. The van der Waals surface area contributed by atoms with Crippen LogP contribution in [0.2, 0.25) is 0 Å². The van der Waals surface area contributed by atoms with E-state index in [1.165, 1.54) is 7.11 Å². The van der Waals surface area contributed by atoms with Gasteiger partial charge in [0.05, 0.1) is 18.4 Å². The van der Waals surface area contributed by atoms with Crippen LogP contribution in [0, 0.1) is 0 Å². The minimum atomic E-state index is -0.500. The van der Waals surface area contributed by atoms with E-state index < -0.39 is 5.97 Å². The third kappa shape index (κ3) is 3.12. The predicted octanol–water partition coefficient (Wildman–Crippen LogP) is 4.61. The molecule has 4 nitrogen and oxygen atoms in total. The fourth-order valence-electron chi connectivity index (χ4n) is 1.79. The van der Waals surface area contributed by atoms with E-state index in [4.69, 9.17) is 9.15 Å². The second-order valence-electron chi connectivity index (χ2n) is 4.16. The van der Waals surface area contributed by atoms with E-state index in [0.29, 0.717) is 18.0 Å². The number of carbonyl (C=O) groups is 1. The molecular weight excluding hydrogens is 390 g/mol. The number of hydrogen-bond donors (Lipinski definition) is 0. The van der Waals surface area contributed by atoms with E-state index in [9.17, 15) is 4.79 Å². The molecule has 0 radical (unpaired) electrons. The van der Waals surface area contributed by atoms with Gasteiger partial charge in [0, 0.05) is 8.95 Å². The third-order valence-corrected chi connectivity index (χ3v) is 3.87. The van der Waals surface area contributed by atoms with Crippen LogP contribution in [0.1, 0.15) is 29.6 Å². The molecule has 0 aliphatic rings. The molecule has 1 heterocycles. The van der Waals surface area contributed by atoms with Crippen LogP contribution in [0.4, 0.5) is 0 Å². The Bertz CT molecular complexity index is 637. The molecule has 0 amide bonds. The standard InChI is InChI=1S/C14H13Br2NO3/c1-3-4-11-12(14(18)19-2)20-13(17-11)9-6-5-8(15)7-10(9)16/h5-7H,3-4H2,1-2H3. The van der Waals surface area contributed by atoms with Gasteiger partial charge in [-0.15, -0.1) is 0 Å². The Hall–Kier alpha value is -1.14. The lowest BCUT2D eigenvalue weighted by Gasteiger charge is -2.00. The topological polar surface area (TPSA) is 52.3 Å². The highest BCUT2D eigenvalue weighted by molar-refractivity contribution is 9.11. The molecule has 0 bridgehead atoms. The summed E-state index contributed by atoms with van der Waals surface area (Å²) in [6, 6.07) is 5.66. The fourth-order valence-corrected chi connectivity index (χ4v) is 3.00. The van der Waals surface area contributed by atoms with E-state index in [-0.39, 0.29) is 5.76 Å². The fraction of sp³-hybridized carbons (Fsp3) is 0.286. The Labute approximate surface area is 133 Å². The molecule has 0 aliphatic heterocycles. The quantitative estimate of drug-likeness (QED) is 0.701. The molecule has 1 aromatic heterocycles. The number of nitrogens with zero attached hydrogens (tertiary/aromatic N) is 1. The summed E-state index contributed by atoms with van der Waals surface area (Å²) in [5.74, 6) is 0.0906. The van der Waals surface area contributed by atoms with Gasteiger partial charge < -0.3 is 9.15 Å². The van der Waals surface area contributed by atoms with Gasteiger partial charge in [0.1, 0.15) is 0 Å². The van der Waals surface area contributed by atoms with E-state index in [2.05, 4.69) is 36.8 Å². The van der Waals surface area contributed by atoms with E-state index in [0.717, 1.165) is 20.9 Å². The first-order valence-corrected chi connectivity index (χ1v) is 7.68. The summed E-state index contributed by atoms with van der Waals surface area (Å²) in [5.41, 5.74) is 1.42. The highest BCUT2D eigenvalue weighted by Gasteiger charge is 2.22. The zero-order chi connectivity index (χ0) is 14.7. The van der Waals surface area contributed by atoms with Crippen LogP contribution in [0.3, 0.4) is 0 Å². The second kappa shape index (κ2) is 6.54. The highest BCUT2D eigenvalue weighted by Crippen LogP contribution is 2.31. The molecule has 0 saturated carbocycles. The Morgan fingerprint density at radius 3 is 2.75 bits per heavy atom. The van der Waals surface area contributed by atoms with Gasteiger partial charge in [-0.2, -0.15) is 0 Å². The van der Waals surface area contributed by atoms with E-state index >= 15 is 0 Å². The van der Waals surface area contributed by atoms with Crippen molar-refractivity contribution in [3.8, 4) is 11.5 Å². The Kier molecular flexibility index (Phi) is 4.99. The summed E-state index contributed by atoms with van der Waals surface area (Å²) in [6.45, 7) is 2.02. The Balaban J connectivity index is 2.49. The van der Waals surface area contributed by atoms with Crippen molar-refractivity contribution < 1.29 is 13.9 Å². The lowest BCUT2D eigenvalue weighted by molar-refractivity contribution is 0.0564. The van der Waals surface area contributed by atoms with Crippen LogP contribution in [0.25, 0.3) is 11.5 Å². The number of halogens is 2. The number of aromatic nitrogens is 1. The smallest absolute Gasteiger partial charge is 0.376 e. The predicted molar refractivity (Wildman–Crippen MR) is 82.7 cm³/mol. The summed E-state index contributed by atoms with van der Waals surface area (Å²) in [7, 11) is 1.33. The molecule has 0 atom stereocenters. The monoisotopic (exact) mass is 401 g/mol. The van der Waals surface area contributed by atoms with Crippen molar-refractivity contribution in [3.05, 3.63) is 38.6 Å². The number of esters is 1. The summed E-state index contributed by atoms with van der Waals surface area (Å²) in [6.07, 6.45) is 1.54. The number of oxazole rings is 1. The largest absolute Gasteiger partial charge is 0.463 e. The molecule has 0 fully saturated rings. The van der Waals surface area contributed by atoms with Crippen LogP contribution in [-0.4, -0.2) is 18.1 Å². The Morgan fingerprint density at radius 1 is 1.40 bits per heavy atom. The zero-order valence-corrected chi connectivity index (χ0v) is 14.2. The number of aryl methyl sites for hydroxylation is 1. The maximum Gasteiger partial charge on any atom is 0.376 e. The summed E-state index contributed by atoms with van der Waals surface area (Å²) in [4.78, 5) is 16.1. The van der Waals surface area contributed by atoms with Crippen LogP contribution in [0.5, 0.6) is 0 Å². The first-order valence-electron chi connectivity index (χ1n) is 6.10. The maximum absolute atomic E-state index is 11.7. The molecular formula is C14H13Br2NO3. The van der Waals surface area contributed by atoms with Gasteiger partial charge in [0.2, 0.25) is 11.7 Å². The number of methoxy groups -OCH3 is 1. The van der Waals surface area contributed by atoms with Crippen molar-refractivity contribution in [2.75, 3.05) is 7.11 Å². The molecule has 6 heteroatoms. The molecule has 0 saturated heterocycles. The van der Waals surface area contributed by atoms with Gasteiger partial charge in [0.25, 0.3) is 0 Å². The van der Waals surface area contributed by atoms with Gasteiger partial charge >= 0.3 is 5.97 Å². The first kappa shape index (κ1) is 15.3.